The molecule has 1 heteroatoms. The summed E-state index contributed by atoms with van der Waals surface area (Å²) in [6, 6.07) is 0.904. The van der Waals surface area contributed by atoms with Gasteiger partial charge in [0.2, 0.25) is 0 Å². The molecular formula is C9H19N. The summed E-state index contributed by atoms with van der Waals surface area (Å²) in [6.07, 6.45) is 8.55. The maximum atomic E-state index is 3.33. The molecule has 0 aromatic carbocycles. The van der Waals surface area contributed by atoms with Gasteiger partial charge in [-0.1, -0.05) is 39.0 Å². The minimum atomic E-state index is 0.904. The predicted octanol–water partition coefficient (Wildman–Crippen LogP) is 2.32. The Bertz CT molecular complexity index is 76.8. The molecule has 0 aliphatic carbocycles. The summed E-state index contributed by atoms with van der Waals surface area (Å²) in [5.41, 5.74) is 0. The lowest BCUT2D eigenvalue weighted by molar-refractivity contribution is 0.604. The molecule has 60 valence electrons. The van der Waals surface area contributed by atoms with Crippen molar-refractivity contribution in [1.29, 1.82) is 0 Å². The Hall–Kier alpha value is -0.0400. The number of hydrogen-bond donors (Lipinski definition) is 1. The maximum absolute atomic E-state index is 3.33. The number of nitrogens with one attached hydrogen (secondary N) is 1. The predicted molar refractivity (Wildman–Crippen MR) is 45.2 cm³/mol. The van der Waals surface area contributed by atoms with Crippen LogP contribution in [0.2, 0.25) is 0 Å². The lowest BCUT2D eigenvalue weighted by Crippen LogP contribution is -1.89. The minimum Gasteiger partial charge on any atom is -0.311 e. The quantitative estimate of drug-likeness (QED) is 0.445. The standard InChI is InChI=1S/C9H19N/c1-2-3-4-5-6-7-9-8-10-9/h9-10H,2-8H2,1H3. The van der Waals surface area contributed by atoms with Crippen LogP contribution in [0.5, 0.6) is 0 Å². The maximum Gasteiger partial charge on any atom is 0.0193 e. The molecule has 1 N–H and O–H groups in total. The van der Waals surface area contributed by atoms with Crippen LogP contribution in [0, 0.1) is 0 Å². The van der Waals surface area contributed by atoms with Crippen LogP contribution < -0.4 is 5.32 Å². The van der Waals surface area contributed by atoms with Gasteiger partial charge in [0.25, 0.3) is 0 Å². The summed E-state index contributed by atoms with van der Waals surface area (Å²) in [7, 11) is 0. The highest BCUT2D eigenvalue weighted by Crippen LogP contribution is 2.11. The SMILES string of the molecule is CCCCCCCC1CN1. The summed E-state index contributed by atoms with van der Waals surface area (Å²) in [5, 5.41) is 3.33. The van der Waals surface area contributed by atoms with Crippen molar-refractivity contribution in [2.24, 2.45) is 0 Å². The number of unbranched alkanes of at least 4 members (excludes halogenated alkanes) is 4. The van der Waals surface area contributed by atoms with Gasteiger partial charge in [0, 0.05) is 12.6 Å². The van der Waals surface area contributed by atoms with Crippen molar-refractivity contribution in [2.75, 3.05) is 6.54 Å². The van der Waals surface area contributed by atoms with Gasteiger partial charge in [-0.3, -0.25) is 0 Å². The van der Waals surface area contributed by atoms with E-state index in [-0.39, 0.29) is 0 Å². The summed E-state index contributed by atoms with van der Waals surface area (Å²) >= 11 is 0. The van der Waals surface area contributed by atoms with E-state index in [9.17, 15) is 0 Å². The highest BCUT2D eigenvalue weighted by Gasteiger charge is 2.17. The second-order valence-electron chi connectivity index (χ2n) is 3.31. The van der Waals surface area contributed by atoms with E-state index in [0.29, 0.717) is 0 Å². The smallest absolute Gasteiger partial charge is 0.0193 e. The van der Waals surface area contributed by atoms with Crippen LogP contribution in [0.4, 0.5) is 0 Å². The lowest BCUT2D eigenvalue weighted by atomic mass is 10.1. The molecule has 1 aliphatic rings. The third-order valence-corrected chi connectivity index (χ3v) is 2.15. The van der Waals surface area contributed by atoms with Crippen LogP contribution in [0.25, 0.3) is 0 Å². The van der Waals surface area contributed by atoms with Crippen molar-refractivity contribution in [1.82, 2.24) is 5.32 Å². The Morgan fingerprint density at radius 2 is 1.90 bits per heavy atom. The van der Waals surface area contributed by atoms with Gasteiger partial charge in [0.1, 0.15) is 0 Å². The normalized spacial score (nSPS) is 23.1. The van der Waals surface area contributed by atoms with Crippen LogP contribution in [-0.4, -0.2) is 12.6 Å². The topological polar surface area (TPSA) is 21.9 Å². The molecule has 0 aromatic heterocycles. The Kier molecular flexibility index (Phi) is 3.81. The van der Waals surface area contributed by atoms with Gasteiger partial charge in [0.05, 0.1) is 0 Å². The van der Waals surface area contributed by atoms with Gasteiger partial charge < -0.3 is 5.32 Å². The molecule has 1 nitrogen and oxygen atoms in total. The average molecular weight is 141 g/mol. The first-order chi connectivity index (χ1) is 4.93. The molecule has 1 unspecified atom stereocenters. The second kappa shape index (κ2) is 4.73. The third kappa shape index (κ3) is 3.89. The molecule has 0 amide bonds. The highest BCUT2D eigenvalue weighted by atomic mass is 15.1. The Balaban J connectivity index is 1.68. The van der Waals surface area contributed by atoms with Gasteiger partial charge in [0.15, 0.2) is 0 Å². The zero-order chi connectivity index (χ0) is 7.23. The molecule has 0 saturated carbocycles. The van der Waals surface area contributed by atoms with Crippen LogP contribution in [0.1, 0.15) is 45.4 Å². The number of hydrogen-bond acceptors (Lipinski definition) is 1. The summed E-state index contributed by atoms with van der Waals surface area (Å²) in [6.45, 7) is 3.55. The van der Waals surface area contributed by atoms with Crippen molar-refractivity contribution in [3.63, 3.8) is 0 Å². The first-order valence-electron chi connectivity index (χ1n) is 4.67. The Labute approximate surface area is 64.2 Å². The summed E-state index contributed by atoms with van der Waals surface area (Å²) in [4.78, 5) is 0. The fraction of sp³-hybridized carbons (Fsp3) is 1.00. The van der Waals surface area contributed by atoms with Crippen molar-refractivity contribution >= 4 is 0 Å². The minimum absolute atomic E-state index is 0.904. The Morgan fingerprint density at radius 3 is 2.50 bits per heavy atom. The molecule has 1 heterocycles. The van der Waals surface area contributed by atoms with E-state index < -0.39 is 0 Å². The Morgan fingerprint density at radius 1 is 1.20 bits per heavy atom. The van der Waals surface area contributed by atoms with Crippen LogP contribution in [0.3, 0.4) is 0 Å². The van der Waals surface area contributed by atoms with Gasteiger partial charge >= 0.3 is 0 Å². The zero-order valence-corrected chi connectivity index (χ0v) is 7.03. The molecule has 1 aliphatic heterocycles. The van der Waals surface area contributed by atoms with Crippen molar-refractivity contribution in [3.05, 3.63) is 0 Å². The molecule has 0 radical (unpaired) electrons. The van der Waals surface area contributed by atoms with E-state index >= 15 is 0 Å². The molecule has 1 rings (SSSR count). The van der Waals surface area contributed by atoms with E-state index in [1.54, 1.807) is 0 Å². The summed E-state index contributed by atoms with van der Waals surface area (Å²) in [5.74, 6) is 0. The van der Waals surface area contributed by atoms with E-state index in [1.165, 1.54) is 45.1 Å². The number of rotatable bonds is 6. The molecule has 0 bridgehead atoms. The van der Waals surface area contributed by atoms with Crippen molar-refractivity contribution in [2.45, 2.75) is 51.5 Å². The first kappa shape index (κ1) is 8.06. The zero-order valence-electron chi connectivity index (χ0n) is 7.03. The van der Waals surface area contributed by atoms with E-state index in [2.05, 4.69) is 12.2 Å². The molecule has 0 spiro atoms. The molecule has 10 heavy (non-hydrogen) atoms. The third-order valence-electron chi connectivity index (χ3n) is 2.15. The van der Waals surface area contributed by atoms with Crippen LogP contribution in [0.15, 0.2) is 0 Å². The highest BCUT2D eigenvalue weighted by molar-refractivity contribution is 4.82. The fourth-order valence-corrected chi connectivity index (χ4v) is 1.28. The van der Waals surface area contributed by atoms with Crippen molar-refractivity contribution in [3.8, 4) is 0 Å². The molecular weight excluding hydrogens is 122 g/mol. The van der Waals surface area contributed by atoms with E-state index in [4.69, 9.17) is 0 Å². The largest absolute Gasteiger partial charge is 0.311 e. The van der Waals surface area contributed by atoms with Gasteiger partial charge in [-0.2, -0.15) is 0 Å². The summed E-state index contributed by atoms with van der Waals surface area (Å²) < 4.78 is 0. The average Bonchev–Trinajstić information content (AvgIpc) is 2.71. The van der Waals surface area contributed by atoms with Gasteiger partial charge in [-0.25, -0.2) is 0 Å². The second-order valence-corrected chi connectivity index (χ2v) is 3.31. The van der Waals surface area contributed by atoms with Crippen molar-refractivity contribution < 1.29 is 0 Å². The van der Waals surface area contributed by atoms with E-state index in [0.717, 1.165) is 6.04 Å². The van der Waals surface area contributed by atoms with Gasteiger partial charge in [-0.15, -0.1) is 0 Å². The molecule has 1 atom stereocenters. The van der Waals surface area contributed by atoms with E-state index in [1.807, 2.05) is 0 Å². The molecule has 1 saturated heterocycles. The van der Waals surface area contributed by atoms with Crippen LogP contribution in [-0.2, 0) is 0 Å². The van der Waals surface area contributed by atoms with Crippen LogP contribution >= 0.6 is 0 Å². The fourth-order valence-electron chi connectivity index (χ4n) is 1.28. The monoisotopic (exact) mass is 141 g/mol. The molecule has 0 aromatic rings. The molecule has 1 fully saturated rings. The van der Waals surface area contributed by atoms with Gasteiger partial charge in [-0.05, 0) is 6.42 Å². The first-order valence-corrected chi connectivity index (χ1v) is 4.67. The lowest BCUT2D eigenvalue weighted by Gasteiger charge is -1.96.